The van der Waals surface area contributed by atoms with E-state index in [1.807, 2.05) is 55.6 Å². The van der Waals surface area contributed by atoms with E-state index in [-0.39, 0.29) is 12.3 Å². The van der Waals surface area contributed by atoms with Crippen LogP contribution in [0.25, 0.3) is 16.4 Å². The molecule has 0 radical (unpaired) electrons. The fourth-order valence-corrected chi connectivity index (χ4v) is 4.28. The molecular formula is C25H26N4O4S. The Morgan fingerprint density at radius 3 is 2.53 bits per heavy atom. The van der Waals surface area contributed by atoms with Crippen LogP contribution in [0.2, 0.25) is 0 Å². The topological polar surface area (TPSA) is 87.5 Å². The average Bonchev–Trinajstić information content (AvgIpc) is 3.46. The lowest BCUT2D eigenvalue weighted by atomic mass is 10.1. The maximum absolute atomic E-state index is 12.8. The Balaban J connectivity index is 1.51. The SMILES string of the molecule is CCOc1ccc(-c2csc(-n3nc(C)cc3NC(=O)Cc3ccc(OC)c(OC)c3)n2)cc1. The Kier molecular flexibility index (Phi) is 7.12. The van der Waals surface area contributed by atoms with E-state index >= 15 is 0 Å². The maximum Gasteiger partial charge on any atom is 0.229 e. The van der Waals surface area contributed by atoms with Gasteiger partial charge in [-0.05, 0) is 55.8 Å². The Morgan fingerprint density at radius 2 is 1.82 bits per heavy atom. The summed E-state index contributed by atoms with van der Waals surface area (Å²) >= 11 is 1.46. The quantitative estimate of drug-likeness (QED) is 0.368. The lowest BCUT2D eigenvalue weighted by Gasteiger charge is -2.10. The highest BCUT2D eigenvalue weighted by Gasteiger charge is 2.16. The minimum atomic E-state index is -0.170. The average molecular weight is 479 g/mol. The van der Waals surface area contributed by atoms with Crippen LogP contribution in [-0.2, 0) is 11.2 Å². The molecular weight excluding hydrogens is 452 g/mol. The van der Waals surface area contributed by atoms with E-state index in [4.69, 9.17) is 19.2 Å². The normalized spacial score (nSPS) is 10.7. The molecule has 0 bridgehead atoms. The van der Waals surface area contributed by atoms with Gasteiger partial charge in [0.05, 0.1) is 38.6 Å². The van der Waals surface area contributed by atoms with Crippen molar-refractivity contribution in [2.75, 3.05) is 26.1 Å². The summed E-state index contributed by atoms with van der Waals surface area (Å²) in [6, 6.07) is 15.1. The minimum absolute atomic E-state index is 0.170. The summed E-state index contributed by atoms with van der Waals surface area (Å²) in [5.74, 6) is 2.42. The van der Waals surface area contributed by atoms with Crippen LogP contribution < -0.4 is 19.5 Å². The second-order valence-corrected chi connectivity index (χ2v) is 8.31. The van der Waals surface area contributed by atoms with Crippen molar-refractivity contribution in [3.05, 3.63) is 65.2 Å². The number of ether oxygens (including phenoxy) is 3. The molecule has 4 rings (SSSR count). The van der Waals surface area contributed by atoms with Crippen LogP contribution in [0, 0.1) is 6.92 Å². The van der Waals surface area contributed by atoms with Crippen LogP contribution in [0.1, 0.15) is 18.2 Å². The van der Waals surface area contributed by atoms with Crippen molar-refractivity contribution in [1.29, 1.82) is 0 Å². The number of benzene rings is 2. The molecule has 0 aliphatic heterocycles. The number of hydrogen-bond acceptors (Lipinski definition) is 7. The van der Waals surface area contributed by atoms with Gasteiger partial charge in [-0.15, -0.1) is 11.3 Å². The first-order chi connectivity index (χ1) is 16.5. The Bertz CT molecular complexity index is 1280. The molecule has 0 saturated carbocycles. The number of carbonyl (C=O) groups is 1. The molecule has 1 N–H and O–H groups in total. The van der Waals surface area contributed by atoms with Crippen molar-refractivity contribution in [1.82, 2.24) is 14.8 Å². The maximum atomic E-state index is 12.8. The van der Waals surface area contributed by atoms with E-state index in [0.717, 1.165) is 28.3 Å². The zero-order valence-corrected chi connectivity index (χ0v) is 20.3. The number of nitrogens with one attached hydrogen (secondary N) is 1. The molecule has 2 aromatic carbocycles. The Hall–Kier alpha value is -3.85. The van der Waals surface area contributed by atoms with Crippen molar-refractivity contribution >= 4 is 23.1 Å². The molecule has 4 aromatic rings. The first kappa shape index (κ1) is 23.3. The van der Waals surface area contributed by atoms with Gasteiger partial charge in [0.25, 0.3) is 0 Å². The number of rotatable bonds is 9. The molecule has 34 heavy (non-hydrogen) atoms. The van der Waals surface area contributed by atoms with E-state index < -0.39 is 0 Å². The predicted octanol–water partition coefficient (Wildman–Crippen LogP) is 4.90. The van der Waals surface area contributed by atoms with E-state index in [2.05, 4.69) is 10.4 Å². The molecule has 0 fully saturated rings. The summed E-state index contributed by atoms with van der Waals surface area (Å²) < 4.78 is 17.8. The number of aromatic nitrogens is 3. The fraction of sp³-hybridized carbons (Fsp3) is 0.240. The van der Waals surface area contributed by atoms with Gasteiger partial charge in [-0.1, -0.05) is 6.07 Å². The van der Waals surface area contributed by atoms with E-state index in [1.165, 1.54) is 11.3 Å². The van der Waals surface area contributed by atoms with Crippen LogP contribution >= 0.6 is 11.3 Å². The van der Waals surface area contributed by atoms with Crippen LogP contribution in [0.3, 0.4) is 0 Å². The molecule has 0 spiro atoms. The monoisotopic (exact) mass is 478 g/mol. The van der Waals surface area contributed by atoms with Crippen molar-refractivity contribution in [3.8, 4) is 33.6 Å². The standard InChI is InChI=1S/C25H26N4O4S/c1-5-33-19-9-7-18(8-10-19)20-15-34-25(26-20)29-23(12-16(2)28-29)27-24(30)14-17-6-11-21(31-3)22(13-17)32-4/h6-13,15H,5,14H2,1-4H3,(H,27,30). The number of amides is 1. The number of aryl methyl sites for hydroxylation is 1. The van der Waals surface area contributed by atoms with Gasteiger partial charge >= 0.3 is 0 Å². The molecule has 0 aliphatic carbocycles. The molecule has 2 heterocycles. The van der Waals surface area contributed by atoms with Crippen molar-refractivity contribution in [2.24, 2.45) is 0 Å². The predicted molar refractivity (Wildman–Crippen MR) is 132 cm³/mol. The third-order valence-electron chi connectivity index (χ3n) is 5.05. The number of thiazole rings is 1. The van der Waals surface area contributed by atoms with Gasteiger partial charge in [0.1, 0.15) is 11.6 Å². The van der Waals surface area contributed by atoms with Gasteiger partial charge in [0.2, 0.25) is 11.0 Å². The molecule has 9 heteroatoms. The highest BCUT2D eigenvalue weighted by Crippen LogP contribution is 2.29. The molecule has 0 unspecified atom stereocenters. The highest BCUT2D eigenvalue weighted by molar-refractivity contribution is 7.12. The van der Waals surface area contributed by atoms with E-state index in [9.17, 15) is 4.79 Å². The molecule has 0 saturated heterocycles. The summed E-state index contributed by atoms with van der Waals surface area (Å²) in [7, 11) is 3.15. The summed E-state index contributed by atoms with van der Waals surface area (Å²) in [4.78, 5) is 17.5. The van der Waals surface area contributed by atoms with Gasteiger partial charge in [0, 0.05) is 17.0 Å². The van der Waals surface area contributed by atoms with Crippen LogP contribution in [0.15, 0.2) is 53.9 Å². The number of hydrogen-bond donors (Lipinski definition) is 1. The first-order valence-corrected chi connectivity index (χ1v) is 11.6. The molecule has 8 nitrogen and oxygen atoms in total. The number of carbonyl (C=O) groups excluding carboxylic acids is 1. The van der Waals surface area contributed by atoms with Gasteiger partial charge in [-0.2, -0.15) is 9.78 Å². The lowest BCUT2D eigenvalue weighted by molar-refractivity contribution is -0.115. The second-order valence-electron chi connectivity index (χ2n) is 7.47. The summed E-state index contributed by atoms with van der Waals surface area (Å²) in [5, 5.41) is 10.1. The van der Waals surface area contributed by atoms with Crippen molar-refractivity contribution < 1.29 is 19.0 Å². The van der Waals surface area contributed by atoms with E-state index in [1.54, 1.807) is 31.0 Å². The molecule has 1 amide bonds. The lowest BCUT2D eigenvalue weighted by Crippen LogP contribution is -2.17. The molecule has 0 aliphatic rings. The van der Waals surface area contributed by atoms with Gasteiger partial charge < -0.3 is 19.5 Å². The third kappa shape index (κ3) is 5.20. The van der Waals surface area contributed by atoms with Crippen LogP contribution in [-0.4, -0.2) is 41.5 Å². The Morgan fingerprint density at radius 1 is 1.06 bits per heavy atom. The summed E-state index contributed by atoms with van der Waals surface area (Å²) in [5.41, 5.74) is 3.40. The molecule has 0 atom stereocenters. The summed E-state index contributed by atoms with van der Waals surface area (Å²) in [6.45, 7) is 4.46. The van der Waals surface area contributed by atoms with Crippen LogP contribution in [0.5, 0.6) is 17.2 Å². The highest BCUT2D eigenvalue weighted by atomic mass is 32.1. The second kappa shape index (κ2) is 10.4. The Labute approximate surface area is 202 Å². The van der Waals surface area contributed by atoms with E-state index in [0.29, 0.717) is 29.1 Å². The van der Waals surface area contributed by atoms with Crippen molar-refractivity contribution in [3.63, 3.8) is 0 Å². The largest absolute Gasteiger partial charge is 0.494 e. The zero-order valence-electron chi connectivity index (χ0n) is 19.5. The van der Waals surface area contributed by atoms with Gasteiger partial charge in [-0.3, -0.25) is 4.79 Å². The number of anilines is 1. The number of nitrogens with zero attached hydrogens (tertiary/aromatic N) is 3. The van der Waals surface area contributed by atoms with Crippen molar-refractivity contribution in [2.45, 2.75) is 20.3 Å². The fourth-order valence-electron chi connectivity index (χ4n) is 3.48. The summed E-state index contributed by atoms with van der Waals surface area (Å²) in [6.07, 6.45) is 0.180. The zero-order chi connectivity index (χ0) is 24.1. The van der Waals surface area contributed by atoms with Gasteiger partial charge in [-0.25, -0.2) is 4.98 Å². The number of methoxy groups -OCH3 is 2. The molecule has 176 valence electrons. The molecule has 2 aromatic heterocycles. The smallest absolute Gasteiger partial charge is 0.229 e. The minimum Gasteiger partial charge on any atom is -0.494 e. The van der Waals surface area contributed by atoms with Gasteiger partial charge in [0.15, 0.2) is 11.5 Å². The van der Waals surface area contributed by atoms with Crippen LogP contribution in [0.4, 0.5) is 5.82 Å². The third-order valence-corrected chi connectivity index (χ3v) is 5.86. The first-order valence-electron chi connectivity index (χ1n) is 10.8.